The van der Waals surface area contributed by atoms with Crippen molar-refractivity contribution in [2.75, 3.05) is 6.54 Å². The van der Waals surface area contributed by atoms with E-state index in [2.05, 4.69) is 10.6 Å². The normalized spacial score (nSPS) is 15.6. The van der Waals surface area contributed by atoms with E-state index in [9.17, 15) is 14.4 Å². The summed E-state index contributed by atoms with van der Waals surface area (Å²) in [5, 5.41) is 5.40. The third-order valence-electron chi connectivity index (χ3n) is 5.39. The summed E-state index contributed by atoms with van der Waals surface area (Å²) in [5.74, 6) is -0.457. The zero-order valence-electron chi connectivity index (χ0n) is 16.6. The van der Waals surface area contributed by atoms with Gasteiger partial charge in [-0.15, -0.1) is 0 Å². The first-order valence-corrected chi connectivity index (χ1v) is 10.4. The van der Waals surface area contributed by atoms with Gasteiger partial charge in [-0.2, -0.15) is 0 Å². The zero-order valence-corrected chi connectivity index (χ0v) is 16.6. The Kier molecular flexibility index (Phi) is 9.52. The van der Waals surface area contributed by atoms with E-state index in [0.717, 1.165) is 24.3 Å². The van der Waals surface area contributed by atoms with Gasteiger partial charge in [-0.1, -0.05) is 62.4 Å². The average Bonchev–Trinajstić information content (AvgIpc) is 2.69. The molecule has 1 unspecified atom stereocenters. The zero-order chi connectivity index (χ0) is 20.2. The highest BCUT2D eigenvalue weighted by Crippen LogP contribution is 2.27. The molecule has 28 heavy (non-hydrogen) atoms. The molecule has 0 radical (unpaired) electrons. The highest BCUT2D eigenvalue weighted by Gasteiger charge is 2.21. The number of amides is 3. The Hall–Kier alpha value is -2.37. The van der Waals surface area contributed by atoms with Crippen molar-refractivity contribution in [2.24, 2.45) is 11.7 Å². The Bertz CT molecular complexity index is 627. The lowest BCUT2D eigenvalue weighted by Gasteiger charge is -2.21. The minimum absolute atomic E-state index is 0.126. The monoisotopic (exact) mass is 387 g/mol. The second-order valence-corrected chi connectivity index (χ2v) is 7.71. The summed E-state index contributed by atoms with van der Waals surface area (Å²) >= 11 is 0. The first kappa shape index (κ1) is 21.9. The number of carbonyl (C=O) groups excluding carboxylic acids is 3. The first-order chi connectivity index (χ1) is 13.5. The van der Waals surface area contributed by atoms with Crippen LogP contribution in [0.3, 0.4) is 0 Å². The largest absolute Gasteiger partial charge is 0.368 e. The van der Waals surface area contributed by atoms with Gasteiger partial charge in [0, 0.05) is 13.0 Å². The van der Waals surface area contributed by atoms with Crippen LogP contribution in [-0.2, 0) is 20.8 Å². The van der Waals surface area contributed by atoms with Crippen LogP contribution in [0.25, 0.3) is 0 Å². The van der Waals surface area contributed by atoms with Crippen LogP contribution in [0.15, 0.2) is 30.3 Å². The number of carbonyl (C=O) groups is 3. The van der Waals surface area contributed by atoms with E-state index in [-0.39, 0.29) is 18.2 Å². The standard InChI is InChI=1S/C22H33N3O3/c23-22(28)19(16-21(27)24-15-14-18-10-5-2-6-11-18)25-20(26)13-7-12-17-8-3-1-4-9-17/h2,5-6,10-11,17,19H,1,3-4,7-9,12-16H2,(H2,23,28)(H,24,27)(H,25,26). The Morgan fingerprint density at radius 3 is 2.43 bits per heavy atom. The van der Waals surface area contributed by atoms with Gasteiger partial charge in [0.05, 0.1) is 6.42 Å². The molecule has 0 aliphatic heterocycles. The Balaban J connectivity index is 1.65. The lowest BCUT2D eigenvalue weighted by molar-refractivity contribution is -0.130. The fourth-order valence-corrected chi connectivity index (χ4v) is 3.76. The number of nitrogens with one attached hydrogen (secondary N) is 2. The molecule has 1 atom stereocenters. The van der Waals surface area contributed by atoms with E-state index >= 15 is 0 Å². The third-order valence-corrected chi connectivity index (χ3v) is 5.39. The van der Waals surface area contributed by atoms with Gasteiger partial charge in [-0.05, 0) is 30.7 Å². The minimum atomic E-state index is -0.959. The van der Waals surface area contributed by atoms with Gasteiger partial charge in [0.2, 0.25) is 17.7 Å². The van der Waals surface area contributed by atoms with Gasteiger partial charge in [0.1, 0.15) is 6.04 Å². The molecule has 1 aliphatic rings. The van der Waals surface area contributed by atoms with Crippen molar-refractivity contribution in [3.8, 4) is 0 Å². The molecule has 154 valence electrons. The van der Waals surface area contributed by atoms with Crippen molar-refractivity contribution in [2.45, 2.75) is 70.3 Å². The molecule has 1 aromatic rings. The number of benzene rings is 1. The smallest absolute Gasteiger partial charge is 0.240 e. The maximum atomic E-state index is 12.1. The molecule has 0 spiro atoms. The number of hydrogen-bond acceptors (Lipinski definition) is 3. The average molecular weight is 388 g/mol. The van der Waals surface area contributed by atoms with Crippen LogP contribution in [0.5, 0.6) is 0 Å². The quantitative estimate of drug-likeness (QED) is 0.543. The van der Waals surface area contributed by atoms with E-state index in [1.165, 1.54) is 32.1 Å². The molecule has 3 amide bonds. The third kappa shape index (κ3) is 8.55. The lowest BCUT2D eigenvalue weighted by atomic mass is 9.86. The van der Waals surface area contributed by atoms with Crippen molar-refractivity contribution >= 4 is 17.7 Å². The SMILES string of the molecule is NC(=O)C(CC(=O)NCCc1ccccc1)NC(=O)CCCC1CCCCC1. The van der Waals surface area contributed by atoms with Gasteiger partial charge >= 0.3 is 0 Å². The lowest BCUT2D eigenvalue weighted by Crippen LogP contribution is -2.47. The van der Waals surface area contributed by atoms with Gasteiger partial charge in [0.25, 0.3) is 0 Å². The Morgan fingerprint density at radius 2 is 1.75 bits per heavy atom. The molecule has 1 aliphatic carbocycles. The molecule has 1 fully saturated rings. The molecule has 6 nitrogen and oxygen atoms in total. The highest BCUT2D eigenvalue weighted by molar-refractivity contribution is 5.91. The fraction of sp³-hybridized carbons (Fsp3) is 0.591. The van der Waals surface area contributed by atoms with Crippen LogP contribution < -0.4 is 16.4 Å². The van der Waals surface area contributed by atoms with Crippen LogP contribution >= 0.6 is 0 Å². The second kappa shape index (κ2) is 12.2. The number of nitrogens with two attached hydrogens (primary N) is 1. The topological polar surface area (TPSA) is 101 Å². The van der Waals surface area contributed by atoms with Crippen LogP contribution in [0, 0.1) is 5.92 Å². The van der Waals surface area contributed by atoms with Gasteiger partial charge in [-0.3, -0.25) is 14.4 Å². The molecule has 1 saturated carbocycles. The molecule has 2 rings (SSSR count). The van der Waals surface area contributed by atoms with Crippen LogP contribution in [0.1, 0.15) is 63.4 Å². The molecule has 0 aromatic heterocycles. The molecule has 0 heterocycles. The predicted molar refractivity (Wildman–Crippen MR) is 109 cm³/mol. The highest BCUT2D eigenvalue weighted by atomic mass is 16.2. The van der Waals surface area contributed by atoms with Gasteiger partial charge in [-0.25, -0.2) is 0 Å². The molecule has 0 saturated heterocycles. The van der Waals surface area contributed by atoms with Gasteiger partial charge < -0.3 is 16.4 Å². The van der Waals surface area contributed by atoms with Crippen molar-refractivity contribution in [1.29, 1.82) is 0 Å². The maximum Gasteiger partial charge on any atom is 0.240 e. The Morgan fingerprint density at radius 1 is 1.04 bits per heavy atom. The first-order valence-electron chi connectivity index (χ1n) is 10.4. The van der Waals surface area contributed by atoms with Crippen molar-refractivity contribution in [3.05, 3.63) is 35.9 Å². The summed E-state index contributed by atoms with van der Waals surface area (Å²) in [7, 11) is 0. The van der Waals surface area contributed by atoms with Gasteiger partial charge in [0.15, 0.2) is 0 Å². The second-order valence-electron chi connectivity index (χ2n) is 7.71. The van der Waals surface area contributed by atoms with E-state index in [4.69, 9.17) is 5.73 Å². The summed E-state index contributed by atoms with van der Waals surface area (Å²) in [6.45, 7) is 0.476. The molecule has 4 N–H and O–H groups in total. The van der Waals surface area contributed by atoms with Crippen LogP contribution in [-0.4, -0.2) is 30.3 Å². The van der Waals surface area contributed by atoms with Crippen molar-refractivity contribution in [3.63, 3.8) is 0 Å². The number of rotatable bonds is 11. The Labute approximate surface area is 167 Å². The predicted octanol–water partition coefficient (Wildman–Crippen LogP) is 2.46. The molecular weight excluding hydrogens is 354 g/mol. The fourth-order valence-electron chi connectivity index (χ4n) is 3.76. The van der Waals surface area contributed by atoms with E-state index in [1.807, 2.05) is 30.3 Å². The minimum Gasteiger partial charge on any atom is -0.368 e. The molecular formula is C22H33N3O3. The molecule has 6 heteroatoms. The number of hydrogen-bond donors (Lipinski definition) is 3. The van der Waals surface area contributed by atoms with Crippen molar-refractivity contribution < 1.29 is 14.4 Å². The van der Waals surface area contributed by atoms with Crippen LogP contribution in [0.2, 0.25) is 0 Å². The summed E-state index contributed by atoms with van der Waals surface area (Å²) in [6, 6.07) is 8.86. The van der Waals surface area contributed by atoms with Crippen molar-refractivity contribution in [1.82, 2.24) is 10.6 Å². The van der Waals surface area contributed by atoms with Crippen LogP contribution in [0.4, 0.5) is 0 Å². The summed E-state index contributed by atoms with van der Waals surface area (Å²) in [4.78, 5) is 35.8. The van der Waals surface area contributed by atoms with E-state index in [0.29, 0.717) is 19.4 Å². The maximum absolute atomic E-state index is 12.1. The summed E-state index contributed by atoms with van der Waals surface area (Å²) < 4.78 is 0. The summed E-state index contributed by atoms with van der Waals surface area (Å²) in [6.07, 6.45) is 9.24. The van der Waals surface area contributed by atoms with E-state index in [1.54, 1.807) is 0 Å². The number of primary amides is 1. The molecule has 1 aromatic carbocycles. The summed E-state index contributed by atoms with van der Waals surface area (Å²) in [5.41, 5.74) is 6.49. The van der Waals surface area contributed by atoms with E-state index < -0.39 is 11.9 Å². The molecule has 0 bridgehead atoms.